The average molecular weight is 520 g/mol. The van der Waals surface area contributed by atoms with E-state index in [-0.39, 0.29) is 17.6 Å². The summed E-state index contributed by atoms with van der Waals surface area (Å²) < 4.78 is 24.9. The maximum atomic E-state index is 13.6. The first-order valence-corrected chi connectivity index (χ1v) is 13.6. The number of amides is 1. The van der Waals surface area contributed by atoms with E-state index in [0.29, 0.717) is 43.4 Å². The largest absolute Gasteiger partial charge is 0.486 e. The molecule has 2 N–H and O–H groups in total. The van der Waals surface area contributed by atoms with Gasteiger partial charge in [-0.05, 0) is 85.1 Å². The molecule has 2 fully saturated rings. The van der Waals surface area contributed by atoms with Gasteiger partial charge in [-0.1, -0.05) is 18.2 Å². The zero-order chi connectivity index (χ0) is 26.1. The van der Waals surface area contributed by atoms with E-state index in [2.05, 4.69) is 21.2 Å². The van der Waals surface area contributed by atoms with E-state index < -0.39 is 12.1 Å². The molecule has 0 saturated carbocycles. The van der Waals surface area contributed by atoms with Crippen molar-refractivity contribution in [2.45, 2.75) is 31.4 Å². The average Bonchev–Trinajstić information content (AvgIpc) is 3.64. The second-order valence-corrected chi connectivity index (χ2v) is 10.6. The van der Waals surface area contributed by atoms with Crippen molar-refractivity contribution < 1.29 is 23.8 Å². The Hall–Kier alpha value is -3.36. The Morgan fingerprint density at radius 1 is 0.974 bits per heavy atom. The van der Waals surface area contributed by atoms with E-state index in [0.717, 1.165) is 55.4 Å². The Labute approximate surface area is 222 Å². The molecule has 3 atom stereocenters. The van der Waals surface area contributed by atoms with Crippen molar-refractivity contribution in [3.05, 3.63) is 66.0 Å². The smallest absolute Gasteiger partial charge is 0.225 e. The third-order valence-electron chi connectivity index (χ3n) is 7.98. The second-order valence-electron chi connectivity index (χ2n) is 10.6. The molecule has 6 rings (SSSR count). The fourth-order valence-electron chi connectivity index (χ4n) is 5.85. The fourth-order valence-corrected chi connectivity index (χ4v) is 5.85. The number of halogens is 1. The monoisotopic (exact) mass is 519 g/mol. The number of nitrogens with one attached hydrogen (secondary N) is 1. The summed E-state index contributed by atoms with van der Waals surface area (Å²) in [4.78, 5) is 18.0. The summed E-state index contributed by atoms with van der Waals surface area (Å²) in [6, 6.07) is 15.8. The van der Waals surface area contributed by atoms with Gasteiger partial charge in [0.05, 0.1) is 12.0 Å². The van der Waals surface area contributed by atoms with Gasteiger partial charge in [0.25, 0.3) is 0 Å². The van der Waals surface area contributed by atoms with Gasteiger partial charge in [0, 0.05) is 25.3 Å². The maximum absolute atomic E-state index is 13.6. The number of hydrogen-bond acceptors (Lipinski definition) is 6. The number of benzene rings is 3. The number of anilines is 1. The predicted octanol–water partition coefficient (Wildman–Crippen LogP) is 3.89. The number of fused-ring (bicyclic) bond motifs is 2. The van der Waals surface area contributed by atoms with Crippen LogP contribution in [0.5, 0.6) is 11.5 Å². The van der Waals surface area contributed by atoms with Gasteiger partial charge < -0.3 is 29.7 Å². The van der Waals surface area contributed by atoms with E-state index in [9.17, 15) is 14.3 Å². The molecule has 0 radical (unpaired) electrons. The number of nitrogens with zero attached hydrogens (tertiary/aromatic N) is 2. The highest BCUT2D eigenvalue weighted by Crippen LogP contribution is 2.34. The summed E-state index contributed by atoms with van der Waals surface area (Å²) >= 11 is 0. The van der Waals surface area contributed by atoms with Gasteiger partial charge >= 0.3 is 0 Å². The van der Waals surface area contributed by atoms with Gasteiger partial charge in [-0.15, -0.1) is 0 Å². The summed E-state index contributed by atoms with van der Waals surface area (Å²) in [7, 11) is 0. The Kier molecular flexibility index (Phi) is 7.08. The molecule has 3 aliphatic heterocycles. The molecule has 3 aromatic rings. The van der Waals surface area contributed by atoms with Gasteiger partial charge in [0.1, 0.15) is 25.1 Å². The molecule has 0 aromatic heterocycles. The highest BCUT2D eigenvalue weighted by atomic mass is 19.1. The van der Waals surface area contributed by atoms with Gasteiger partial charge in [0.2, 0.25) is 5.91 Å². The molecule has 0 spiro atoms. The molecule has 0 unspecified atom stereocenters. The topological polar surface area (TPSA) is 74.3 Å². The van der Waals surface area contributed by atoms with Gasteiger partial charge in [-0.2, -0.15) is 0 Å². The lowest BCUT2D eigenvalue weighted by molar-refractivity contribution is -0.126. The van der Waals surface area contributed by atoms with Crippen molar-refractivity contribution in [3.8, 4) is 11.5 Å². The first-order chi connectivity index (χ1) is 18.5. The minimum atomic E-state index is -0.867. The van der Waals surface area contributed by atoms with Crippen LogP contribution in [0, 0.1) is 11.7 Å². The summed E-state index contributed by atoms with van der Waals surface area (Å²) in [6.07, 6.45) is 2.14. The molecule has 8 heteroatoms. The Morgan fingerprint density at radius 3 is 2.58 bits per heavy atom. The van der Waals surface area contributed by atoms with Crippen LogP contribution >= 0.6 is 0 Å². The first kappa shape index (κ1) is 24.9. The van der Waals surface area contributed by atoms with Crippen LogP contribution in [-0.2, 0) is 4.79 Å². The molecule has 3 heterocycles. The molecule has 0 aliphatic carbocycles. The molecule has 3 aliphatic rings. The van der Waals surface area contributed by atoms with Crippen molar-refractivity contribution in [2.75, 3.05) is 50.8 Å². The number of ether oxygens (including phenoxy) is 2. The van der Waals surface area contributed by atoms with Crippen LogP contribution in [0.3, 0.4) is 0 Å². The van der Waals surface area contributed by atoms with Gasteiger partial charge in [-0.3, -0.25) is 4.79 Å². The van der Waals surface area contributed by atoms with Crippen LogP contribution in [-0.4, -0.2) is 67.9 Å². The van der Waals surface area contributed by atoms with Crippen LogP contribution < -0.4 is 19.7 Å². The lowest BCUT2D eigenvalue weighted by Gasteiger charge is -2.30. The predicted molar refractivity (Wildman–Crippen MR) is 144 cm³/mol. The minimum absolute atomic E-state index is 0.0313. The SMILES string of the molecule is O=C(N[C@H](CN1CCCC1)[C@H](O)c1ccc2c(c1)OCCO2)[C@H]1CCN(c2ccc3cc(F)ccc3c2)C1. The Bertz CT molecular complexity index is 1310. The third kappa shape index (κ3) is 5.28. The minimum Gasteiger partial charge on any atom is -0.486 e. The van der Waals surface area contributed by atoms with Crippen molar-refractivity contribution in [1.29, 1.82) is 0 Å². The van der Waals surface area contributed by atoms with Crippen molar-refractivity contribution >= 4 is 22.4 Å². The van der Waals surface area contributed by atoms with Crippen LogP contribution in [0.4, 0.5) is 10.1 Å². The molecule has 3 aromatic carbocycles. The van der Waals surface area contributed by atoms with E-state index in [1.54, 1.807) is 6.07 Å². The molecule has 7 nitrogen and oxygen atoms in total. The van der Waals surface area contributed by atoms with Crippen molar-refractivity contribution in [2.24, 2.45) is 5.92 Å². The summed E-state index contributed by atoms with van der Waals surface area (Å²) in [5, 5.41) is 16.4. The van der Waals surface area contributed by atoms with Gasteiger partial charge in [-0.25, -0.2) is 4.39 Å². The Morgan fingerprint density at radius 2 is 1.74 bits per heavy atom. The van der Waals surface area contributed by atoms with Crippen molar-refractivity contribution in [1.82, 2.24) is 10.2 Å². The zero-order valence-corrected chi connectivity index (χ0v) is 21.4. The highest BCUT2D eigenvalue weighted by molar-refractivity contribution is 5.86. The summed E-state index contributed by atoms with van der Waals surface area (Å²) in [5.41, 5.74) is 1.74. The van der Waals surface area contributed by atoms with E-state index in [4.69, 9.17) is 9.47 Å². The molecule has 2 saturated heterocycles. The molecule has 1 amide bonds. The lowest BCUT2D eigenvalue weighted by Crippen LogP contribution is -2.48. The molecule has 0 bridgehead atoms. The number of aliphatic hydroxyl groups excluding tert-OH is 1. The number of rotatable bonds is 7. The highest BCUT2D eigenvalue weighted by Gasteiger charge is 2.33. The van der Waals surface area contributed by atoms with Crippen molar-refractivity contribution in [3.63, 3.8) is 0 Å². The maximum Gasteiger partial charge on any atom is 0.225 e. The number of hydrogen-bond donors (Lipinski definition) is 2. The summed E-state index contributed by atoms with van der Waals surface area (Å²) in [5.74, 6) is 0.856. The fraction of sp³-hybridized carbons (Fsp3) is 0.433. The first-order valence-electron chi connectivity index (χ1n) is 13.6. The van der Waals surface area contributed by atoms with Crippen LogP contribution in [0.25, 0.3) is 10.8 Å². The van der Waals surface area contributed by atoms with E-state index in [1.165, 1.54) is 12.1 Å². The number of carbonyl (C=O) groups is 1. The number of carbonyl (C=O) groups excluding carboxylic acids is 1. The molecular weight excluding hydrogens is 485 g/mol. The number of aliphatic hydroxyl groups is 1. The normalized spacial score (nSPS) is 21.0. The van der Waals surface area contributed by atoms with Crippen LogP contribution in [0.1, 0.15) is 30.9 Å². The standard InChI is InChI=1S/C30H34FN3O4/c31-24-6-3-21-16-25(7-4-20(21)15-24)34-12-9-23(18-34)30(36)32-26(19-33-10-1-2-11-33)29(35)22-5-8-27-28(17-22)38-14-13-37-27/h3-8,15-17,23,26,29,35H,1-2,9-14,18-19H2,(H,32,36)/t23-,26+,29+/m0/s1. The second kappa shape index (κ2) is 10.8. The van der Waals surface area contributed by atoms with Crippen LogP contribution in [0.2, 0.25) is 0 Å². The quantitative estimate of drug-likeness (QED) is 0.494. The Balaban J connectivity index is 1.15. The molecule has 200 valence electrons. The molecule has 38 heavy (non-hydrogen) atoms. The summed E-state index contributed by atoms with van der Waals surface area (Å²) in [6.45, 7) is 4.92. The zero-order valence-electron chi connectivity index (χ0n) is 21.4. The van der Waals surface area contributed by atoms with Crippen LogP contribution in [0.15, 0.2) is 54.6 Å². The third-order valence-corrected chi connectivity index (χ3v) is 7.98. The van der Waals surface area contributed by atoms with E-state index in [1.807, 2.05) is 30.3 Å². The van der Waals surface area contributed by atoms with Gasteiger partial charge in [0.15, 0.2) is 11.5 Å². The lowest BCUT2D eigenvalue weighted by atomic mass is 9.99. The van der Waals surface area contributed by atoms with E-state index >= 15 is 0 Å². The molecular formula is C30H34FN3O4. The number of likely N-dealkylation sites (tertiary alicyclic amines) is 1.